The van der Waals surface area contributed by atoms with Gasteiger partial charge in [0.05, 0.1) is 13.7 Å². The molecule has 1 aliphatic rings. The Morgan fingerprint density at radius 1 is 1.18 bits per heavy atom. The summed E-state index contributed by atoms with van der Waals surface area (Å²) in [5.41, 5.74) is 9.64. The van der Waals surface area contributed by atoms with Crippen LogP contribution in [-0.4, -0.2) is 32.8 Å². The number of hydrogen-bond donors (Lipinski definition) is 2. The van der Waals surface area contributed by atoms with E-state index in [0.29, 0.717) is 12.5 Å². The first kappa shape index (κ1) is 22.5. The molecule has 1 saturated heterocycles. The van der Waals surface area contributed by atoms with E-state index in [-0.39, 0.29) is 29.4 Å². The van der Waals surface area contributed by atoms with Crippen molar-refractivity contribution in [2.45, 2.75) is 31.6 Å². The summed E-state index contributed by atoms with van der Waals surface area (Å²) in [5.74, 6) is 1.31. The highest BCUT2D eigenvalue weighted by atomic mass is 127. The van der Waals surface area contributed by atoms with Gasteiger partial charge in [-0.3, -0.25) is 4.99 Å². The van der Waals surface area contributed by atoms with E-state index < -0.39 is 0 Å². The fourth-order valence-electron chi connectivity index (χ4n) is 3.54. The van der Waals surface area contributed by atoms with E-state index in [4.69, 9.17) is 15.2 Å². The van der Waals surface area contributed by atoms with Crippen LogP contribution >= 0.6 is 24.0 Å². The summed E-state index contributed by atoms with van der Waals surface area (Å²) in [6, 6.07) is 16.5. The number of methoxy groups -OCH3 is 1. The van der Waals surface area contributed by atoms with Crippen LogP contribution in [-0.2, 0) is 16.6 Å². The Morgan fingerprint density at radius 2 is 1.89 bits per heavy atom. The molecule has 5 nitrogen and oxygen atoms in total. The standard InChI is InChI=1S/C22H29N3O2.HI/c1-3-17-5-4-6-19(15-17)25-21(23)24-16-22(11-13-27-14-12-22)18-7-9-20(26-2)10-8-18;/h4-10,15H,3,11-14,16H2,1-2H3,(H3,23,24,25);1H. The van der Waals surface area contributed by atoms with Crippen molar-refractivity contribution in [3.8, 4) is 5.75 Å². The molecule has 0 saturated carbocycles. The fraction of sp³-hybridized carbons (Fsp3) is 0.409. The highest BCUT2D eigenvalue weighted by Gasteiger charge is 2.34. The molecule has 0 radical (unpaired) electrons. The van der Waals surface area contributed by atoms with E-state index in [1.807, 2.05) is 24.3 Å². The topological polar surface area (TPSA) is 68.9 Å². The summed E-state index contributed by atoms with van der Waals surface area (Å²) in [7, 11) is 1.68. The molecule has 0 spiro atoms. The first-order valence-corrected chi connectivity index (χ1v) is 9.53. The van der Waals surface area contributed by atoms with Crippen LogP contribution in [0.2, 0.25) is 0 Å². The molecule has 3 rings (SSSR count). The molecule has 1 fully saturated rings. The third-order valence-electron chi connectivity index (χ3n) is 5.31. The molecule has 0 aliphatic carbocycles. The molecule has 0 atom stereocenters. The zero-order chi connectivity index (χ0) is 19.1. The molecule has 2 aromatic carbocycles. The van der Waals surface area contributed by atoms with Crippen molar-refractivity contribution < 1.29 is 9.47 Å². The Balaban J connectivity index is 0.00000280. The van der Waals surface area contributed by atoms with Gasteiger partial charge in [-0.1, -0.05) is 31.2 Å². The quantitative estimate of drug-likeness (QED) is 0.355. The number of guanidine groups is 1. The maximum atomic E-state index is 6.18. The van der Waals surface area contributed by atoms with Crippen LogP contribution in [0.15, 0.2) is 53.5 Å². The van der Waals surface area contributed by atoms with Gasteiger partial charge in [0.2, 0.25) is 0 Å². The van der Waals surface area contributed by atoms with Crippen molar-refractivity contribution in [3.63, 3.8) is 0 Å². The average molecular weight is 495 g/mol. The van der Waals surface area contributed by atoms with Gasteiger partial charge in [0, 0.05) is 24.3 Å². The first-order valence-electron chi connectivity index (χ1n) is 9.53. The van der Waals surface area contributed by atoms with Crippen LogP contribution in [0.25, 0.3) is 0 Å². The predicted molar refractivity (Wildman–Crippen MR) is 126 cm³/mol. The van der Waals surface area contributed by atoms with Gasteiger partial charge in [0.15, 0.2) is 5.96 Å². The maximum absolute atomic E-state index is 6.18. The Kier molecular flexibility index (Phi) is 8.57. The molecule has 0 unspecified atom stereocenters. The zero-order valence-electron chi connectivity index (χ0n) is 16.6. The van der Waals surface area contributed by atoms with Gasteiger partial charge in [-0.2, -0.15) is 0 Å². The molecule has 1 aliphatic heterocycles. The molecule has 152 valence electrons. The van der Waals surface area contributed by atoms with E-state index >= 15 is 0 Å². The van der Waals surface area contributed by atoms with Gasteiger partial charge in [-0.15, -0.1) is 24.0 Å². The lowest BCUT2D eigenvalue weighted by molar-refractivity contribution is 0.0531. The van der Waals surface area contributed by atoms with Gasteiger partial charge in [-0.25, -0.2) is 0 Å². The highest BCUT2D eigenvalue weighted by molar-refractivity contribution is 14.0. The Morgan fingerprint density at radius 3 is 2.54 bits per heavy atom. The second kappa shape index (κ2) is 10.7. The van der Waals surface area contributed by atoms with Gasteiger partial charge in [0.25, 0.3) is 0 Å². The zero-order valence-corrected chi connectivity index (χ0v) is 18.9. The molecular formula is C22H30IN3O2. The highest BCUT2D eigenvalue weighted by Crippen LogP contribution is 2.36. The molecule has 6 heteroatoms. The number of hydrogen-bond acceptors (Lipinski definition) is 3. The third kappa shape index (κ3) is 5.61. The molecule has 0 aromatic heterocycles. The number of halogens is 1. The van der Waals surface area contributed by atoms with Crippen molar-refractivity contribution in [1.29, 1.82) is 0 Å². The van der Waals surface area contributed by atoms with E-state index in [1.54, 1.807) is 7.11 Å². The Bertz CT molecular complexity index is 772. The molecule has 0 amide bonds. The number of rotatable bonds is 6. The SMILES string of the molecule is CCc1cccc(NC(N)=NCC2(c3ccc(OC)cc3)CCOCC2)c1.I. The van der Waals surface area contributed by atoms with Crippen molar-refractivity contribution in [2.75, 3.05) is 32.2 Å². The molecule has 2 aromatic rings. The number of nitrogens with one attached hydrogen (secondary N) is 1. The molecule has 1 heterocycles. The molecule has 28 heavy (non-hydrogen) atoms. The van der Waals surface area contributed by atoms with E-state index in [0.717, 1.165) is 43.9 Å². The molecular weight excluding hydrogens is 465 g/mol. The number of aliphatic imine (C=N–C) groups is 1. The minimum atomic E-state index is -0.0535. The van der Waals surface area contributed by atoms with Crippen molar-refractivity contribution in [1.82, 2.24) is 0 Å². The Hall–Kier alpha value is -1.80. The van der Waals surface area contributed by atoms with Gasteiger partial charge in [-0.05, 0) is 54.7 Å². The third-order valence-corrected chi connectivity index (χ3v) is 5.31. The lowest BCUT2D eigenvalue weighted by Crippen LogP contribution is -2.38. The van der Waals surface area contributed by atoms with Crippen molar-refractivity contribution in [2.24, 2.45) is 10.7 Å². The number of benzene rings is 2. The summed E-state index contributed by atoms with van der Waals surface area (Å²) in [4.78, 5) is 4.69. The second-order valence-corrected chi connectivity index (χ2v) is 7.00. The number of nitrogens with two attached hydrogens (primary N) is 1. The van der Waals surface area contributed by atoms with Gasteiger partial charge in [0.1, 0.15) is 5.75 Å². The van der Waals surface area contributed by atoms with Crippen LogP contribution in [0.4, 0.5) is 5.69 Å². The summed E-state index contributed by atoms with van der Waals surface area (Å²) < 4.78 is 10.9. The van der Waals surface area contributed by atoms with Crippen LogP contribution in [0, 0.1) is 0 Å². The van der Waals surface area contributed by atoms with Gasteiger partial charge < -0.3 is 20.5 Å². The van der Waals surface area contributed by atoms with Crippen molar-refractivity contribution >= 4 is 35.6 Å². The maximum Gasteiger partial charge on any atom is 0.193 e. The predicted octanol–water partition coefficient (Wildman–Crippen LogP) is 4.35. The summed E-state index contributed by atoms with van der Waals surface area (Å²) in [6.45, 7) is 4.26. The van der Waals surface area contributed by atoms with Gasteiger partial charge >= 0.3 is 0 Å². The number of nitrogens with zero attached hydrogens (tertiary/aromatic N) is 1. The Labute approximate surface area is 184 Å². The summed E-state index contributed by atoms with van der Waals surface area (Å²) in [5, 5.41) is 3.22. The average Bonchev–Trinajstić information content (AvgIpc) is 2.73. The van der Waals surface area contributed by atoms with Crippen LogP contribution in [0.1, 0.15) is 30.9 Å². The normalized spacial score (nSPS) is 16.1. The largest absolute Gasteiger partial charge is 0.497 e. The van der Waals surface area contributed by atoms with E-state index in [9.17, 15) is 0 Å². The van der Waals surface area contributed by atoms with Crippen LogP contribution in [0.3, 0.4) is 0 Å². The number of anilines is 1. The fourth-order valence-corrected chi connectivity index (χ4v) is 3.54. The number of ether oxygens (including phenoxy) is 2. The smallest absolute Gasteiger partial charge is 0.193 e. The van der Waals surface area contributed by atoms with E-state index in [1.165, 1.54) is 11.1 Å². The minimum absolute atomic E-state index is 0. The lowest BCUT2D eigenvalue weighted by atomic mass is 9.74. The first-order chi connectivity index (χ1) is 13.1. The van der Waals surface area contributed by atoms with Crippen LogP contribution < -0.4 is 15.8 Å². The minimum Gasteiger partial charge on any atom is -0.497 e. The summed E-state index contributed by atoms with van der Waals surface area (Å²) in [6.07, 6.45) is 2.86. The molecule has 3 N–H and O–H groups in total. The monoisotopic (exact) mass is 495 g/mol. The molecule has 0 bridgehead atoms. The second-order valence-electron chi connectivity index (χ2n) is 7.00. The number of aryl methyl sites for hydroxylation is 1. The van der Waals surface area contributed by atoms with Crippen LogP contribution in [0.5, 0.6) is 5.75 Å². The lowest BCUT2D eigenvalue weighted by Gasteiger charge is -2.36. The summed E-state index contributed by atoms with van der Waals surface area (Å²) >= 11 is 0. The van der Waals surface area contributed by atoms with E-state index in [2.05, 4.69) is 41.5 Å². The van der Waals surface area contributed by atoms with Crippen molar-refractivity contribution in [3.05, 3.63) is 59.7 Å².